The maximum absolute atomic E-state index is 13.3. The second-order valence-electron chi connectivity index (χ2n) is 3.62. The van der Waals surface area contributed by atoms with Gasteiger partial charge in [-0.2, -0.15) is 5.10 Å². The first-order chi connectivity index (χ1) is 8.58. The fraction of sp³-hybridized carbons (Fsp3) is 0.182. The Bertz CT molecular complexity index is 602. The number of hydrogen-bond donors (Lipinski definition) is 1. The number of carbonyl (C=O) groups is 1. The topological polar surface area (TPSA) is 80.7 Å². The van der Waals surface area contributed by atoms with E-state index in [1.807, 2.05) is 0 Å². The van der Waals surface area contributed by atoms with E-state index in [1.165, 1.54) is 12.3 Å². The molecule has 18 heavy (non-hydrogen) atoms. The lowest BCUT2D eigenvalue weighted by Gasteiger charge is -2.05. The molecule has 2 aromatic rings. The zero-order valence-corrected chi connectivity index (χ0v) is 9.81. The summed E-state index contributed by atoms with van der Waals surface area (Å²) in [4.78, 5) is 19.3. The minimum absolute atomic E-state index is 0.0410. The summed E-state index contributed by atoms with van der Waals surface area (Å²) in [5, 5.41) is 9.89. The summed E-state index contributed by atoms with van der Waals surface area (Å²) < 4.78 is 13.3. The third-order valence-electron chi connectivity index (χ3n) is 2.33. The summed E-state index contributed by atoms with van der Waals surface area (Å²) in [6.07, 6.45) is 2.30. The zero-order chi connectivity index (χ0) is 13.1. The zero-order valence-electron chi connectivity index (χ0n) is 9.81. The third-order valence-corrected chi connectivity index (χ3v) is 2.33. The number of amides is 1. The number of rotatable bonds is 2. The molecule has 0 aliphatic carbocycles. The van der Waals surface area contributed by atoms with Gasteiger partial charge in [-0.1, -0.05) is 0 Å². The van der Waals surface area contributed by atoms with Gasteiger partial charge in [-0.05, 0) is 19.9 Å². The van der Waals surface area contributed by atoms with E-state index in [1.54, 1.807) is 13.8 Å². The molecule has 0 bridgehead atoms. The summed E-state index contributed by atoms with van der Waals surface area (Å²) in [5.41, 5.74) is 1.20. The lowest BCUT2D eigenvalue weighted by Crippen LogP contribution is -2.17. The van der Waals surface area contributed by atoms with E-state index >= 15 is 0 Å². The second kappa shape index (κ2) is 4.82. The number of anilines is 1. The first-order valence-corrected chi connectivity index (χ1v) is 5.16. The van der Waals surface area contributed by atoms with Gasteiger partial charge in [0.25, 0.3) is 5.91 Å². The molecule has 1 amide bonds. The molecule has 6 nitrogen and oxygen atoms in total. The molecule has 0 unspecified atom stereocenters. The van der Waals surface area contributed by atoms with Crippen LogP contribution in [-0.4, -0.2) is 26.1 Å². The van der Waals surface area contributed by atoms with Gasteiger partial charge >= 0.3 is 0 Å². The number of halogens is 1. The Kier molecular flexibility index (Phi) is 3.22. The van der Waals surface area contributed by atoms with Crippen molar-refractivity contribution in [1.29, 1.82) is 0 Å². The predicted molar refractivity (Wildman–Crippen MR) is 61.4 cm³/mol. The van der Waals surface area contributed by atoms with Crippen molar-refractivity contribution in [1.82, 2.24) is 20.2 Å². The van der Waals surface area contributed by atoms with Crippen LogP contribution in [0.15, 0.2) is 18.5 Å². The highest BCUT2D eigenvalue weighted by atomic mass is 19.1. The van der Waals surface area contributed by atoms with Crippen molar-refractivity contribution in [3.63, 3.8) is 0 Å². The Morgan fingerprint density at radius 2 is 2.06 bits per heavy atom. The van der Waals surface area contributed by atoms with E-state index in [9.17, 15) is 9.18 Å². The van der Waals surface area contributed by atoms with Crippen molar-refractivity contribution in [2.24, 2.45) is 0 Å². The van der Waals surface area contributed by atoms with Gasteiger partial charge < -0.3 is 0 Å². The van der Waals surface area contributed by atoms with Crippen molar-refractivity contribution in [2.75, 3.05) is 5.32 Å². The first kappa shape index (κ1) is 12.0. The van der Waals surface area contributed by atoms with Crippen LogP contribution in [-0.2, 0) is 0 Å². The number of carbonyl (C=O) groups excluding carboxylic acids is 1. The van der Waals surface area contributed by atoms with Crippen molar-refractivity contribution < 1.29 is 9.18 Å². The van der Waals surface area contributed by atoms with Gasteiger partial charge in [0.05, 0.1) is 23.1 Å². The molecule has 0 radical (unpaired) electrons. The predicted octanol–water partition coefficient (Wildman–Crippen LogP) is 1.27. The van der Waals surface area contributed by atoms with Crippen LogP contribution in [0.1, 0.15) is 21.7 Å². The molecule has 92 valence electrons. The van der Waals surface area contributed by atoms with Crippen LogP contribution < -0.4 is 5.32 Å². The Morgan fingerprint density at radius 1 is 1.28 bits per heavy atom. The number of nitrogens with one attached hydrogen (secondary N) is 1. The van der Waals surface area contributed by atoms with Crippen LogP contribution in [0.2, 0.25) is 0 Å². The van der Waals surface area contributed by atoms with Crippen molar-refractivity contribution >= 4 is 11.9 Å². The lowest BCUT2D eigenvalue weighted by atomic mass is 10.2. The number of hydrogen-bond acceptors (Lipinski definition) is 5. The van der Waals surface area contributed by atoms with E-state index < -0.39 is 11.7 Å². The minimum atomic E-state index is -0.702. The maximum Gasteiger partial charge on any atom is 0.261 e. The average Bonchev–Trinajstić information content (AvgIpc) is 2.34. The van der Waals surface area contributed by atoms with E-state index in [-0.39, 0.29) is 11.5 Å². The number of aryl methyl sites for hydroxylation is 2. The molecule has 2 aromatic heterocycles. The van der Waals surface area contributed by atoms with Crippen LogP contribution in [0.25, 0.3) is 0 Å². The van der Waals surface area contributed by atoms with E-state index in [4.69, 9.17) is 0 Å². The van der Waals surface area contributed by atoms with E-state index in [0.29, 0.717) is 11.4 Å². The van der Waals surface area contributed by atoms with Crippen LogP contribution >= 0.6 is 0 Å². The van der Waals surface area contributed by atoms with Gasteiger partial charge in [0.2, 0.25) is 5.95 Å². The minimum Gasteiger partial charge on any atom is -0.289 e. The van der Waals surface area contributed by atoms with Crippen LogP contribution in [0.3, 0.4) is 0 Å². The molecule has 0 aliphatic rings. The van der Waals surface area contributed by atoms with Crippen molar-refractivity contribution in [2.45, 2.75) is 13.8 Å². The van der Waals surface area contributed by atoms with Gasteiger partial charge in [0.15, 0.2) is 5.82 Å². The Morgan fingerprint density at radius 3 is 2.72 bits per heavy atom. The molecule has 7 heteroatoms. The number of nitrogens with zero attached hydrogens (tertiary/aromatic N) is 4. The quantitative estimate of drug-likeness (QED) is 0.864. The standard InChI is InChI=1S/C11H10FN5O/c1-6-7(2)16-17-11(14-6)15-10(18)8-3-4-13-5-9(8)12/h3-5H,1-2H3,(H,14,15,17,18). The lowest BCUT2D eigenvalue weighted by molar-refractivity contribution is 0.102. The summed E-state index contributed by atoms with van der Waals surface area (Å²) in [7, 11) is 0. The van der Waals surface area contributed by atoms with Crippen LogP contribution in [0, 0.1) is 19.7 Å². The fourth-order valence-corrected chi connectivity index (χ4v) is 1.24. The van der Waals surface area contributed by atoms with Gasteiger partial charge in [0, 0.05) is 6.20 Å². The molecule has 0 aliphatic heterocycles. The number of aromatic nitrogens is 4. The number of pyridine rings is 1. The maximum atomic E-state index is 13.3. The summed E-state index contributed by atoms with van der Waals surface area (Å²) >= 11 is 0. The molecule has 0 saturated heterocycles. The van der Waals surface area contributed by atoms with Gasteiger partial charge in [-0.3, -0.25) is 15.1 Å². The molecule has 2 rings (SSSR count). The average molecular weight is 247 g/mol. The second-order valence-corrected chi connectivity index (χ2v) is 3.62. The van der Waals surface area contributed by atoms with E-state index in [2.05, 4.69) is 25.5 Å². The molecular weight excluding hydrogens is 237 g/mol. The van der Waals surface area contributed by atoms with Gasteiger partial charge in [-0.25, -0.2) is 9.37 Å². The molecule has 2 heterocycles. The molecule has 0 saturated carbocycles. The third kappa shape index (κ3) is 2.45. The van der Waals surface area contributed by atoms with Crippen molar-refractivity contribution in [3.8, 4) is 0 Å². The fourth-order valence-electron chi connectivity index (χ4n) is 1.24. The molecule has 1 N–H and O–H groups in total. The first-order valence-electron chi connectivity index (χ1n) is 5.16. The highest BCUT2D eigenvalue weighted by molar-refractivity contribution is 6.03. The summed E-state index contributed by atoms with van der Waals surface area (Å²) in [5.74, 6) is -1.30. The van der Waals surface area contributed by atoms with Crippen molar-refractivity contribution in [3.05, 3.63) is 41.2 Å². The van der Waals surface area contributed by atoms with E-state index in [0.717, 1.165) is 6.20 Å². The Hall–Kier alpha value is -2.44. The highest BCUT2D eigenvalue weighted by Crippen LogP contribution is 2.08. The Labute approximate surface area is 102 Å². The molecule has 0 aromatic carbocycles. The SMILES string of the molecule is Cc1nnc(NC(=O)c2ccncc2F)nc1C. The smallest absolute Gasteiger partial charge is 0.261 e. The normalized spacial score (nSPS) is 10.2. The van der Waals surface area contributed by atoms with Crippen LogP contribution in [0.4, 0.5) is 10.3 Å². The highest BCUT2D eigenvalue weighted by Gasteiger charge is 2.13. The monoisotopic (exact) mass is 247 g/mol. The largest absolute Gasteiger partial charge is 0.289 e. The summed E-state index contributed by atoms with van der Waals surface area (Å²) in [6.45, 7) is 3.50. The summed E-state index contributed by atoms with van der Waals surface area (Å²) in [6, 6.07) is 1.28. The van der Waals surface area contributed by atoms with Gasteiger partial charge in [-0.15, -0.1) is 5.10 Å². The Balaban J connectivity index is 2.22. The van der Waals surface area contributed by atoms with Gasteiger partial charge in [0.1, 0.15) is 0 Å². The molecular formula is C11H10FN5O. The molecule has 0 spiro atoms. The van der Waals surface area contributed by atoms with Crippen LogP contribution in [0.5, 0.6) is 0 Å². The molecule has 0 atom stereocenters. The molecule has 0 fully saturated rings.